The van der Waals surface area contributed by atoms with Gasteiger partial charge < -0.3 is 15.8 Å². The van der Waals surface area contributed by atoms with Crippen molar-refractivity contribution in [2.75, 3.05) is 12.4 Å². The molecule has 5 heteroatoms. The average Bonchev–Trinajstić information content (AvgIpc) is 2.42. The summed E-state index contributed by atoms with van der Waals surface area (Å²) in [5, 5.41) is 2.92. The highest BCUT2D eigenvalue weighted by molar-refractivity contribution is 7.80. The highest BCUT2D eigenvalue weighted by Gasteiger charge is 2.38. The summed E-state index contributed by atoms with van der Waals surface area (Å²) < 4.78 is 5.15. The molecule has 0 unspecified atom stereocenters. The fourth-order valence-corrected chi connectivity index (χ4v) is 2.56. The number of hydrogen-bond acceptors (Lipinski definition) is 3. The molecule has 0 aromatic heterocycles. The summed E-state index contributed by atoms with van der Waals surface area (Å²) in [6.07, 6.45) is 1.17. The van der Waals surface area contributed by atoms with Gasteiger partial charge in [-0.2, -0.15) is 0 Å². The number of aryl methyl sites for hydroxylation is 1. The Hall–Kier alpha value is -1.62. The Kier molecular flexibility index (Phi) is 5.51. The van der Waals surface area contributed by atoms with Crippen LogP contribution in [0.5, 0.6) is 5.75 Å². The maximum atomic E-state index is 12.5. The van der Waals surface area contributed by atoms with Crippen LogP contribution in [0.4, 0.5) is 5.69 Å². The predicted molar refractivity (Wildman–Crippen MR) is 86.2 cm³/mol. The number of methoxy groups -OCH3 is 1. The highest BCUT2D eigenvalue weighted by atomic mass is 32.1. The molecule has 0 aliphatic heterocycles. The monoisotopic (exact) mass is 294 g/mol. The zero-order chi connectivity index (χ0) is 15.3. The Balaban J connectivity index is 3.03. The van der Waals surface area contributed by atoms with E-state index in [4.69, 9.17) is 22.7 Å². The second-order valence-corrected chi connectivity index (χ2v) is 5.23. The van der Waals surface area contributed by atoms with Gasteiger partial charge in [-0.1, -0.05) is 26.1 Å². The van der Waals surface area contributed by atoms with Gasteiger partial charge in [0.05, 0.1) is 17.5 Å². The van der Waals surface area contributed by atoms with E-state index in [0.717, 1.165) is 17.0 Å². The fraction of sp³-hybridized carbons (Fsp3) is 0.467. The van der Waals surface area contributed by atoms with E-state index in [1.165, 1.54) is 0 Å². The molecule has 4 nitrogen and oxygen atoms in total. The molecule has 0 saturated carbocycles. The van der Waals surface area contributed by atoms with Crippen molar-refractivity contribution in [2.45, 2.75) is 33.6 Å². The van der Waals surface area contributed by atoms with Crippen LogP contribution in [0.15, 0.2) is 18.2 Å². The number of amides is 1. The second-order valence-electron chi connectivity index (χ2n) is 4.79. The standard InChI is InChI=1S/C15H22N2O2S/c1-5-15(6-2,13(16)20)14(18)17-12-8-7-11(19-4)9-10(12)3/h7-9H,5-6H2,1-4H3,(H2,16,20)(H,17,18). The minimum absolute atomic E-state index is 0.150. The molecule has 0 bridgehead atoms. The molecule has 1 aromatic carbocycles. The van der Waals surface area contributed by atoms with Gasteiger partial charge in [0.15, 0.2) is 0 Å². The molecule has 0 saturated heterocycles. The SMILES string of the molecule is CCC(CC)(C(=O)Nc1ccc(OC)cc1C)C(N)=S. The van der Waals surface area contributed by atoms with Crippen molar-refractivity contribution in [1.82, 2.24) is 0 Å². The molecule has 1 rings (SSSR count). The summed E-state index contributed by atoms with van der Waals surface area (Å²) in [6, 6.07) is 5.50. The molecule has 0 atom stereocenters. The third kappa shape index (κ3) is 3.10. The first-order valence-electron chi connectivity index (χ1n) is 6.67. The normalized spacial score (nSPS) is 11.0. The summed E-state index contributed by atoms with van der Waals surface area (Å²) >= 11 is 5.09. The lowest BCUT2D eigenvalue weighted by molar-refractivity contribution is -0.122. The van der Waals surface area contributed by atoms with E-state index < -0.39 is 5.41 Å². The first-order valence-corrected chi connectivity index (χ1v) is 7.08. The molecule has 1 amide bonds. The molecule has 3 N–H and O–H groups in total. The molecular weight excluding hydrogens is 272 g/mol. The Labute approximate surface area is 125 Å². The maximum absolute atomic E-state index is 12.5. The van der Waals surface area contributed by atoms with Crippen LogP contribution in [0.3, 0.4) is 0 Å². The third-order valence-corrected chi connectivity index (χ3v) is 4.19. The van der Waals surface area contributed by atoms with Gasteiger partial charge in [0, 0.05) is 5.69 Å². The lowest BCUT2D eigenvalue weighted by atomic mass is 9.81. The highest BCUT2D eigenvalue weighted by Crippen LogP contribution is 2.30. The lowest BCUT2D eigenvalue weighted by Crippen LogP contribution is -2.45. The van der Waals surface area contributed by atoms with Gasteiger partial charge in [0.25, 0.3) is 0 Å². The largest absolute Gasteiger partial charge is 0.497 e. The quantitative estimate of drug-likeness (QED) is 0.792. The molecule has 1 aromatic rings. The fourth-order valence-electron chi connectivity index (χ4n) is 2.18. The van der Waals surface area contributed by atoms with Crippen molar-refractivity contribution < 1.29 is 9.53 Å². The Bertz CT molecular complexity index is 511. The minimum atomic E-state index is -0.790. The number of carbonyl (C=O) groups is 1. The maximum Gasteiger partial charge on any atom is 0.237 e. The molecular formula is C15H22N2O2S. The van der Waals surface area contributed by atoms with Gasteiger partial charge in [0.1, 0.15) is 5.75 Å². The molecule has 0 heterocycles. The molecule has 0 aliphatic carbocycles. The number of anilines is 1. The van der Waals surface area contributed by atoms with Crippen LogP contribution in [0, 0.1) is 12.3 Å². The summed E-state index contributed by atoms with van der Waals surface area (Å²) in [4.78, 5) is 12.8. The van der Waals surface area contributed by atoms with Crippen LogP contribution in [-0.4, -0.2) is 18.0 Å². The topological polar surface area (TPSA) is 64.3 Å². The summed E-state index contributed by atoms with van der Waals surface area (Å²) in [5.74, 6) is 0.607. The van der Waals surface area contributed by atoms with Crippen LogP contribution in [0.2, 0.25) is 0 Å². The van der Waals surface area contributed by atoms with Crippen molar-refractivity contribution in [1.29, 1.82) is 0 Å². The first kappa shape index (κ1) is 16.4. The van der Waals surface area contributed by atoms with Crippen LogP contribution in [-0.2, 0) is 4.79 Å². The van der Waals surface area contributed by atoms with E-state index in [-0.39, 0.29) is 10.9 Å². The number of ether oxygens (including phenoxy) is 1. The van der Waals surface area contributed by atoms with Gasteiger partial charge in [-0.3, -0.25) is 4.79 Å². The number of benzene rings is 1. The van der Waals surface area contributed by atoms with E-state index in [2.05, 4.69) is 5.32 Å². The van der Waals surface area contributed by atoms with Crippen molar-refractivity contribution in [3.8, 4) is 5.75 Å². The van der Waals surface area contributed by atoms with Gasteiger partial charge >= 0.3 is 0 Å². The molecule has 0 radical (unpaired) electrons. The number of hydrogen-bond donors (Lipinski definition) is 2. The molecule has 20 heavy (non-hydrogen) atoms. The number of nitrogens with one attached hydrogen (secondary N) is 1. The lowest BCUT2D eigenvalue weighted by Gasteiger charge is -2.29. The Morgan fingerprint density at radius 3 is 2.40 bits per heavy atom. The van der Waals surface area contributed by atoms with Crippen LogP contribution < -0.4 is 15.8 Å². The molecule has 110 valence electrons. The van der Waals surface area contributed by atoms with Crippen molar-refractivity contribution in [3.05, 3.63) is 23.8 Å². The molecule has 0 spiro atoms. The molecule has 0 aliphatic rings. The number of nitrogens with two attached hydrogens (primary N) is 1. The number of carbonyl (C=O) groups excluding carboxylic acids is 1. The zero-order valence-electron chi connectivity index (χ0n) is 12.4. The predicted octanol–water partition coefficient (Wildman–Crippen LogP) is 3.03. The summed E-state index contributed by atoms with van der Waals surface area (Å²) in [7, 11) is 1.61. The van der Waals surface area contributed by atoms with Crippen molar-refractivity contribution in [2.24, 2.45) is 11.1 Å². The van der Waals surface area contributed by atoms with Crippen LogP contribution >= 0.6 is 12.2 Å². The zero-order valence-corrected chi connectivity index (χ0v) is 13.3. The van der Waals surface area contributed by atoms with E-state index in [1.54, 1.807) is 7.11 Å². The second kappa shape index (κ2) is 6.70. The van der Waals surface area contributed by atoms with Gasteiger partial charge in [-0.05, 0) is 43.5 Å². The first-order chi connectivity index (χ1) is 9.41. The van der Waals surface area contributed by atoms with Gasteiger partial charge in [-0.15, -0.1) is 0 Å². The Morgan fingerprint density at radius 2 is 2.00 bits per heavy atom. The smallest absolute Gasteiger partial charge is 0.237 e. The van der Waals surface area contributed by atoms with Gasteiger partial charge in [0.2, 0.25) is 5.91 Å². The van der Waals surface area contributed by atoms with Crippen LogP contribution in [0.25, 0.3) is 0 Å². The minimum Gasteiger partial charge on any atom is -0.497 e. The summed E-state index contributed by atoms with van der Waals surface area (Å²) in [5.41, 5.74) is 6.67. The third-order valence-electron chi connectivity index (χ3n) is 3.80. The van der Waals surface area contributed by atoms with Crippen molar-refractivity contribution in [3.63, 3.8) is 0 Å². The van der Waals surface area contributed by atoms with E-state index in [9.17, 15) is 4.79 Å². The molecule has 0 fully saturated rings. The number of thiocarbonyl (C=S) groups is 1. The van der Waals surface area contributed by atoms with E-state index in [1.807, 2.05) is 39.0 Å². The van der Waals surface area contributed by atoms with E-state index >= 15 is 0 Å². The Morgan fingerprint density at radius 1 is 1.40 bits per heavy atom. The number of rotatable bonds is 6. The van der Waals surface area contributed by atoms with Gasteiger partial charge in [-0.25, -0.2) is 0 Å². The van der Waals surface area contributed by atoms with Crippen molar-refractivity contribution >= 4 is 28.8 Å². The van der Waals surface area contributed by atoms with Crippen LogP contribution in [0.1, 0.15) is 32.3 Å². The van der Waals surface area contributed by atoms with E-state index in [0.29, 0.717) is 12.8 Å². The average molecular weight is 294 g/mol. The summed E-state index contributed by atoms with van der Waals surface area (Å²) in [6.45, 7) is 5.75.